The number of piperidine rings is 1. The van der Waals surface area contributed by atoms with Crippen molar-refractivity contribution >= 4 is 27.3 Å². The van der Waals surface area contributed by atoms with E-state index < -0.39 is 10.0 Å². The van der Waals surface area contributed by atoms with E-state index in [1.165, 1.54) is 15.6 Å². The van der Waals surface area contributed by atoms with Crippen LogP contribution in [0.15, 0.2) is 16.3 Å². The summed E-state index contributed by atoms with van der Waals surface area (Å²) in [6.45, 7) is 4.79. The fraction of sp³-hybridized carbons (Fsp3) is 0.706. The monoisotopic (exact) mass is 404 g/mol. The summed E-state index contributed by atoms with van der Waals surface area (Å²) in [5, 5.41) is 2.89. The molecule has 2 heterocycles. The summed E-state index contributed by atoms with van der Waals surface area (Å²) in [7, 11) is -1.88. The molecule has 0 bridgehead atoms. The zero-order valence-electron chi connectivity index (χ0n) is 15.4. The summed E-state index contributed by atoms with van der Waals surface area (Å²) in [5.74, 6) is -0.377. The largest absolute Gasteiger partial charge is 0.382 e. The van der Waals surface area contributed by atoms with Gasteiger partial charge in [0.25, 0.3) is 10.0 Å². The molecule has 0 saturated carbocycles. The molecule has 148 valence electrons. The van der Waals surface area contributed by atoms with Crippen LogP contribution in [0.4, 0.5) is 0 Å². The Kier molecular flexibility index (Phi) is 8.49. The van der Waals surface area contributed by atoms with E-state index in [0.29, 0.717) is 50.0 Å². The maximum absolute atomic E-state index is 12.7. The molecule has 2 rings (SSSR count). The van der Waals surface area contributed by atoms with E-state index in [0.717, 1.165) is 11.3 Å². The van der Waals surface area contributed by atoms with Crippen LogP contribution in [0.2, 0.25) is 0 Å². The predicted molar refractivity (Wildman–Crippen MR) is 101 cm³/mol. The second-order valence-corrected chi connectivity index (χ2v) is 9.77. The van der Waals surface area contributed by atoms with Crippen LogP contribution >= 0.6 is 11.3 Å². The van der Waals surface area contributed by atoms with Crippen molar-refractivity contribution in [2.24, 2.45) is 5.92 Å². The smallest absolute Gasteiger partial charge is 0.252 e. The second kappa shape index (κ2) is 10.4. The lowest BCUT2D eigenvalue weighted by molar-refractivity contribution is -0.126. The van der Waals surface area contributed by atoms with Gasteiger partial charge in [0.05, 0.1) is 19.1 Å². The summed E-state index contributed by atoms with van der Waals surface area (Å²) in [6.07, 6.45) is 2.13. The first-order chi connectivity index (χ1) is 12.4. The minimum Gasteiger partial charge on any atom is -0.382 e. The third-order valence-electron chi connectivity index (χ3n) is 4.26. The van der Waals surface area contributed by atoms with Crippen molar-refractivity contribution in [3.05, 3.63) is 17.0 Å². The van der Waals surface area contributed by atoms with Gasteiger partial charge in [0.15, 0.2) is 0 Å². The number of hydrogen-bond acceptors (Lipinski definition) is 6. The average Bonchev–Trinajstić information content (AvgIpc) is 3.08. The van der Waals surface area contributed by atoms with Gasteiger partial charge < -0.3 is 14.8 Å². The van der Waals surface area contributed by atoms with Gasteiger partial charge in [-0.25, -0.2) is 8.42 Å². The Morgan fingerprint density at radius 3 is 2.85 bits per heavy atom. The van der Waals surface area contributed by atoms with Gasteiger partial charge in [0.1, 0.15) is 4.21 Å². The molecule has 0 aromatic carbocycles. The molecule has 1 unspecified atom stereocenters. The Labute approximate surface area is 159 Å². The molecule has 7 nitrogen and oxygen atoms in total. The fourth-order valence-electron chi connectivity index (χ4n) is 2.83. The molecule has 1 aliphatic heterocycles. The van der Waals surface area contributed by atoms with Crippen LogP contribution in [0.25, 0.3) is 0 Å². The number of aryl methyl sites for hydroxylation is 1. The van der Waals surface area contributed by atoms with Gasteiger partial charge in [-0.1, -0.05) is 0 Å². The number of carbonyl (C=O) groups is 1. The highest BCUT2D eigenvalue weighted by Crippen LogP contribution is 2.28. The maximum atomic E-state index is 12.7. The Bertz CT molecular complexity index is 674. The normalized spacial score (nSPS) is 18.8. The summed E-state index contributed by atoms with van der Waals surface area (Å²) in [6, 6.07) is 3.45. The van der Waals surface area contributed by atoms with Crippen LogP contribution in [-0.4, -0.2) is 65.2 Å². The summed E-state index contributed by atoms with van der Waals surface area (Å²) in [5.41, 5.74) is 0. The number of nitrogens with zero attached hydrogens (tertiary/aromatic N) is 1. The SMILES string of the molecule is COCCOCCCNC(=O)C1CCCN(S(=O)(=O)c2ccc(C)s2)C1. The highest BCUT2D eigenvalue weighted by molar-refractivity contribution is 7.91. The molecule has 9 heteroatoms. The van der Waals surface area contributed by atoms with Crippen LogP contribution in [0.3, 0.4) is 0 Å². The van der Waals surface area contributed by atoms with Gasteiger partial charge in [0, 0.05) is 38.2 Å². The van der Waals surface area contributed by atoms with Crippen molar-refractivity contribution in [3.63, 3.8) is 0 Å². The molecule has 1 amide bonds. The van der Waals surface area contributed by atoms with Crippen molar-refractivity contribution in [2.45, 2.75) is 30.4 Å². The third kappa shape index (κ3) is 6.02. The lowest BCUT2D eigenvalue weighted by Crippen LogP contribution is -2.45. The number of rotatable bonds is 10. The predicted octanol–water partition coefficient (Wildman–Crippen LogP) is 1.63. The van der Waals surface area contributed by atoms with E-state index in [-0.39, 0.29) is 18.4 Å². The molecule has 1 fully saturated rings. The number of carbonyl (C=O) groups excluding carboxylic acids is 1. The highest BCUT2D eigenvalue weighted by Gasteiger charge is 2.33. The molecule has 1 aromatic rings. The van der Waals surface area contributed by atoms with Crippen molar-refractivity contribution in [3.8, 4) is 0 Å². The van der Waals surface area contributed by atoms with Crippen molar-refractivity contribution in [1.82, 2.24) is 9.62 Å². The lowest BCUT2D eigenvalue weighted by atomic mass is 9.99. The fourth-order valence-corrected chi connectivity index (χ4v) is 5.79. The minimum atomic E-state index is -3.51. The average molecular weight is 405 g/mol. The van der Waals surface area contributed by atoms with Crippen molar-refractivity contribution < 1.29 is 22.7 Å². The van der Waals surface area contributed by atoms with Crippen LogP contribution < -0.4 is 5.32 Å². The first-order valence-electron chi connectivity index (χ1n) is 8.86. The Hall–Kier alpha value is -1.00. The summed E-state index contributed by atoms with van der Waals surface area (Å²) in [4.78, 5) is 13.3. The number of hydrogen-bond donors (Lipinski definition) is 1. The van der Waals surface area contributed by atoms with Gasteiger partial charge in [-0.05, 0) is 38.3 Å². The van der Waals surface area contributed by atoms with E-state index in [1.807, 2.05) is 6.92 Å². The van der Waals surface area contributed by atoms with Gasteiger partial charge in [-0.2, -0.15) is 4.31 Å². The quantitative estimate of drug-likeness (QED) is 0.599. The minimum absolute atomic E-state index is 0.0795. The molecule has 0 spiro atoms. The summed E-state index contributed by atoms with van der Waals surface area (Å²) >= 11 is 1.27. The highest BCUT2D eigenvalue weighted by atomic mass is 32.2. The number of nitrogens with one attached hydrogen (secondary N) is 1. The number of ether oxygens (including phenoxy) is 2. The molecular formula is C17H28N2O5S2. The maximum Gasteiger partial charge on any atom is 0.252 e. The third-order valence-corrected chi connectivity index (χ3v) is 7.59. The van der Waals surface area contributed by atoms with Crippen LogP contribution in [0, 0.1) is 12.8 Å². The number of methoxy groups -OCH3 is 1. The number of thiophene rings is 1. The van der Waals surface area contributed by atoms with Crippen LogP contribution in [0.1, 0.15) is 24.1 Å². The second-order valence-electron chi connectivity index (χ2n) is 6.32. The Balaban J connectivity index is 1.79. The molecular weight excluding hydrogens is 376 g/mol. The topological polar surface area (TPSA) is 84.9 Å². The van der Waals surface area contributed by atoms with Gasteiger partial charge in [-0.15, -0.1) is 11.3 Å². The lowest BCUT2D eigenvalue weighted by Gasteiger charge is -2.30. The molecule has 26 heavy (non-hydrogen) atoms. The Morgan fingerprint density at radius 2 is 2.15 bits per heavy atom. The molecule has 1 aliphatic rings. The summed E-state index contributed by atoms with van der Waals surface area (Å²) < 4.78 is 37.5. The van der Waals surface area contributed by atoms with E-state index in [1.54, 1.807) is 19.2 Å². The van der Waals surface area contributed by atoms with E-state index >= 15 is 0 Å². The first kappa shape index (κ1) is 21.3. The van der Waals surface area contributed by atoms with Crippen LogP contribution in [-0.2, 0) is 24.3 Å². The van der Waals surface area contributed by atoms with E-state index in [9.17, 15) is 13.2 Å². The van der Waals surface area contributed by atoms with E-state index in [4.69, 9.17) is 9.47 Å². The molecule has 1 aromatic heterocycles. The standard InChI is InChI=1S/C17H28N2O5S2/c1-14-6-7-16(25-14)26(21,22)19-9-3-5-15(13-19)17(20)18-8-4-10-24-12-11-23-2/h6-7,15H,3-5,8-13H2,1-2H3,(H,18,20). The van der Waals surface area contributed by atoms with Crippen molar-refractivity contribution in [2.75, 3.05) is 46.6 Å². The molecule has 0 radical (unpaired) electrons. The van der Waals surface area contributed by atoms with Gasteiger partial charge in [-0.3, -0.25) is 4.79 Å². The first-order valence-corrected chi connectivity index (χ1v) is 11.1. The van der Waals surface area contributed by atoms with Gasteiger partial charge in [0.2, 0.25) is 5.91 Å². The zero-order chi connectivity index (χ0) is 19.0. The van der Waals surface area contributed by atoms with Crippen molar-refractivity contribution in [1.29, 1.82) is 0 Å². The number of sulfonamides is 1. The zero-order valence-corrected chi connectivity index (χ0v) is 17.0. The van der Waals surface area contributed by atoms with Crippen LogP contribution in [0.5, 0.6) is 0 Å². The van der Waals surface area contributed by atoms with Gasteiger partial charge >= 0.3 is 0 Å². The molecule has 1 atom stereocenters. The Morgan fingerprint density at radius 1 is 1.35 bits per heavy atom. The van der Waals surface area contributed by atoms with E-state index in [2.05, 4.69) is 5.32 Å². The molecule has 1 saturated heterocycles. The molecule has 1 N–H and O–H groups in total. The molecule has 0 aliphatic carbocycles. The number of amides is 1.